The molecule has 88 valence electrons. The monoisotopic (exact) mass is 232 g/mol. The van der Waals surface area contributed by atoms with Crippen LogP contribution in [0.25, 0.3) is 0 Å². The van der Waals surface area contributed by atoms with Crippen LogP contribution in [0.5, 0.6) is 0 Å². The number of rotatable bonds is 3. The van der Waals surface area contributed by atoms with Crippen LogP contribution in [-0.4, -0.2) is 22.8 Å². The lowest BCUT2D eigenvalue weighted by Gasteiger charge is -2.15. The van der Waals surface area contributed by atoms with Gasteiger partial charge in [-0.15, -0.1) is 0 Å². The van der Waals surface area contributed by atoms with Crippen LogP contribution in [-0.2, 0) is 6.54 Å². The SMILES string of the molecule is CN(Cc1ccco1)C(=O)c1cc[nH]c(=O)c1. The number of hydrogen-bond donors (Lipinski definition) is 1. The fourth-order valence-electron chi connectivity index (χ4n) is 1.51. The highest BCUT2D eigenvalue weighted by molar-refractivity contribution is 5.93. The number of furan rings is 1. The van der Waals surface area contributed by atoms with Gasteiger partial charge in [-0.25, -0.2) is 0 Å². The number of carbonyl (C=O) groups excluding carboxylic acids is 1. The maximum Gasteiger partial charge on any atom is 0.254 e. The fourth-order valence-corrected chi connectivity index (χ4v) is 1.51. The molecular formula is C12H12N2O3. The second-order valence-electron chi connectivity index (χ2n) is 3.68. The van der Waals surface area contributed by atoms with Crippen LogP contribution in [0, 0.1) is 0 Å². The van der Waals surface area contributed by atoms with Crippen molar-refractivity contribution in [2.24, 2.45) is 0 Å². The van der Waals surface area contributed by atoms with E-state index in [0.29, 0.717) is 17.9 Å². The van der Waals surface area contributed by atoms with Gasteiger partial charge in [0.1, 0.15) is 5.76 Å². The van der Waals surface area contributed by atoms with Crippen LogP contribution in [0.1, 0.15) is 16.1 Å². The molecule has 0 atom stereocenters. The molecule has 0 aromatic carbocycles. The van der Waals surface area contributed by atoms with Crippen molar-refractivity contribution in [3.8, 4) is 0 Å². The average Bonchev–Trinajstić information content (AvgIpc) is 2.80. The van der Waals surface area contributed by atoms with Gasteiger partial charge in [0.05, 0.1) is 12.8 Å². The molecule has 0 aliphatic rings. The molecule has 0 bridgehead atoms. The summed E-state index contributed by atoms with van der Waals surface area (Å²) < 4.78 is 5.15. The van der Waals surface area contributed by atoms with Crippen molar-refractivity contribution in [1.29, 1.82) is 0 Å². The quantitative estimate of drug-likeness (QED) is 0.865. The molecule has 0 unspecified atom stereocenters. The first-order valence-electron chi connectivity index (χ1n) is 5.13. The number of hydrogen-bond acceptors (Lipinski definition) is 3. The Morgan fingerprint density at radius 2 is 2.29 bits per heavy atom. The molecule has 0 aliphatic heterocycles. The van der Waals surface area contributed by atoms with E-state index in [-0.39, 0.29) is 11.5 Å². The molecule has 0 fully saturated rings. The lowest BCUT2D eigenvalue weighted by Crippen LogP contribution is -2.27. The lowest BCUT2D eigenvalue weighted by molar-refractivity contribution is 0.0775. The van der Waals surface area contributed by atoms with Crippen LogP contribution in [0.15, 0.2) is 45.9 Å². The van der Waals surface area contributed by atoms with Gasteiger partial charge >= 0.3 is 0 Å². The molecule has 2 heterocycles. The number of carbonyl (C=O) groups is 1. The van der Waals surface area contributed by atoms with E-state index in [9.17, 15) is 9.59 Å². The van der Waals surface area contributed by atoms with Crippen LogP contribution >= 0.6 is 0 Å². The van der Waals surface area contributed by atoms with Gasteiger partial charge in [-0.05, 0) is 18.2 Å². The predicted octanol–water partition coefficient (Wildman–Crippen LogP) is 1.24. The molecule has 0 spiro atoms. The summed E-state index contributed by atoms with van der Waals surface area (Å²) in [5, 5.41) is 0. The third kappa shape index (κ3) is 2.63. The zero-order valence-corrected chi connectivity index (χ0v) is 9.34. The normalized spacial score (nSPS) is 10.2. The molecule has 2 rings (SSSR count). The molecule has 0 saturated heterocycles. The standard InChI is InChI=1S/C12H12N2O3/c1-14(8-10-3-2-6-17-10)12(16)9-4-5-13-11(15)7-9/h2-7H,8H2,1H3,(H,13,15). The minimum Gasteiger partial charge on any atom is -0.467 e. The van der Waals surface area contributed by atoms with Gasteiger partial charge in [-0.2, -0.15) is 0 Å². The zero-order valence-electron chi connectivity index (χ0n) is 9.34. The number of pyridine rings is 1. The Bertz CT molecular complexity index is 557. The van der Waals surface area contributed by atoms with Crippen molar-refractivity contribution in [2.75, 3.05) is 7.05 Å². The Kier molecular flexibility index (Phi) is 3.09. The van der Waals surface area contributed by atoms with Crippen LogP contribution in [0.3, 0.4) is 0 Å². The summed E-state index contributed by atoms with van der Waals surface area (Å²) in [6.07, 6.45) is 3.01. The lowest BCUT2D eigenvalue weighted by atomic mass is 10.2. The fraction of sp³-hybridized carbons (Fsp3) is 0.167. The van der Waals surface area contributed by atoms with Crippen LogP contribution in [0.4, 0.5) is 0 Å². The topological polar surface area (TPSA) is 66.3 Å². The van der Waals surface area contributed by atoms with E-state index in [2.05, 4.69) is 4.98 Å². The van der Waals surface area contributed by atoms with Crippen molar-refractivity contribution in [3.63, 3.8) is 0 Å². The third-order valence-corrected chi connectivity index (χ3v) is 2.34. The Morgan fingerprint density at radius 3 is 2.94 bits per heavy atom. The highest BCUT2D eigenvalue weighted by Crippen LogP contribution is 2.07. The number of aromatic amines is 1. The minimum atomic E-state index is -0.290. The molecule has 5 nitrogen and oxygen atoms in total. The third-order valence-electron chi connectivity index (χ3n) is 2.34. The second kappa shape index (κ2) is 4.69. The van der Waals surface area contributed by atoms with Gasteiger partial charge in [0.15, 0.2) is 0 Å². The summed E-state index contributed by atoms with van der Waals surface area (Å²) in [7, 11) is 1.66. The summed E-state index contributed by atoms with van der Waals surface area (Å²) >= 11 is 0. The van der Waals surface area contributed by atoms with Crippen molar-refractivity contribution in [3.05, 3.63) is 58.4 Å². The second-order valence-corrected chi connectivity index (χ2v) is 3.68. The maximum absolute atomic E-state index is 12.0. The molecule has 2 aromatic heterocycles. The van der Waals surface area contributed by atoms with Crippen LogP contribution in [0.2, 0.25) is 0 Å². The van der Waals surface area contributed by atoms with E-state index < -0.39 is 0 Å². The summed E-state index contributed by atoms with van der Waals surface area (Å²) in [5.74, 6) is 0.484. The first-order valence-corrected chi connectivity index (χ1v) is 5.13. The van der Waals surface area contributed by atoms with Gasteiger partial charge in [-0.3, -0.25) is 9.59 Å². The Labute approximate surface area is 97.7 Å². The first kappa shape index (κ1) is 11.2. The van der Waals surface area contributed by atoms with E-state index in [4.69, 9.17) is 4.42 Å². The summed E-state index contributed by atoms with van der Waals surface area (Å²) in [5.41, 5.74) is 0.0741. The number of aromatic nitrogens is 1. The molecule has 0 radical (unpaired) electrons. The first-order chi connectivity index (χ1) is 8.16. The van der Waals surface area contributed by atoms with Gasteiger partial charge in [0.2, 0.25) is 5.56 Å². The molecule has 2 aromatic rings. The summed E-state index contributed by atoms with van der Waals surface area (Å²) in [6.45, 7) is 0.374. The van der Waals surface area contributed by atoms with Crippen molar-refractivity contribution in [1.82, 2.24) is 9.88 Å². The van der Waals surface area contributed by atoms with Crippen LogP contribution < -0.4 is 5.56 Å². The van der Waals surface area contributed by atoms with Gasteiger partial charge in [0.25, 0.3) is 5.91 Å². The number of H-pyrrole nitrogens is 1. The molecule has 0 saturated carbocycles. The number of nitrogens with one attached hydrogen (secondary N) is 1. The number of amides is 1. The van der Waals surface area contributed by atoms with Crippen molar-refractivity contribution >= 4 is 5.91 Å². The van der Waals surface area contributed by atoms with Crippen molar-refractivity contribution < 1.29 is 9.21 Å². The van der Waals surface area contributed by atoms with E-state index in [1.54, 1.807) is 31.5 Å². The van der Waals surface area contributed by atoms with E-state index in [1.165, 1.54) is 17.2 Å². The smallest absolute Gasteiger partial charge is 0.254 e. The van der Waals surface area contributed by atoms with Gasteiger partial charge in [-0.1, -0.05) is 0 Å². The Balaban J connectivity index is 2.12. The average molecular weight is 232 g/mol. The maximum atomic E-state index is 12.0. The largest absolute Gasteiger partial charge is 0.467 e. The molecule has 1 amide bonds. The minimum absolute atomic E-state index is 0.215. The summed E-state index contributed by atoms with van der Waals surface area (Å²) in [4.78, 5) is 27.0. The van der Waals surface area contributed by atoms with Gasteiger partial charge in [0, 0.05) is 24.9 Å². The van der Waals surface area contributed by atoms with E-state index >= 15 is 0 Å². The zero-order chi connectivity index (χ0) is 12.3. The Hall–Kier alpha value is -2.30. The van der Waals surface area contributed by atoms with Crippen molar-refractivity contribution in [2.45, 2.75) is 6.54 Å². The Morgan fingerprint density at radius 1 is 1.47 bits per heavy atom. The van der Waals surface area contributed by atoms with E-state index in [1.807, 2.05) is 0 Å². The van der Waals surface area contributed by atoms with E-state index in [0.717, 1.165) is 0 Å². The summed E-state index contributed by atoms with van der Waals surface area (Å²) in [6, 6.07) is 6.41. The molecule has 1 N–H and O–H groups in total. The molecule has 5 heteroatoms. The highest BCUT2D eigenvalue weighted by Gasteiger charge is 2.13. The predicted molar refractivity (Wildman–Crippen MR) is 61.6 cm³/mol. The molecule has 17 heavy (non-hydrogen) atoms. The molecular weight excluding hydrogens is 220 g/mol. The highest BCUT2D eigenvalue weighted by atomic mass is 16.3. The molecule has 0 aliphatic carbocycles. The van der Waals surface area contributed by atoms with Gasteiger partial charge < -0.3 is 14.3 Å². The number of nitrogens with zero attached hydrogens (tertiary/aromatic N) is 1.